The Morgan fingerprint density at radius 3 is 2.41 bits per heavy atom. The molecule has 2 fully saturated rings. The third-order valence-electron chi connectivity index (χ3n) is 5.17. The molecule has 0 spiro atoms. The summed E-state index contributed by atoms with van der Waals surface area (Å²) in [6.45, 7) is 2.15. The normalized spacial score (nSPS) is 32.0. The summed E-state index contributed by atoms with van der Waals surface area (Å²) in [5.41, 5.74) is 1.81. The van der Waals surface area contributed by atoms with Gasteiger partial charge in [0.15, 0.2) is 0 Å². The second kappa shape index (κ2) is 4.85. The molecule has 114 valence electrons. The van der Waals surface area contributed by atoms with E-state index in [1.54, 1.807) is 0 Å². The SMILES string of the molecule is Cc1ccc(NCN2C(=O)[C@@H]3[C@@H](C2=O)[C@H]2C=C[C@@H]3C2)cc1Cl. The second-order valence-corrected chi connectivity index (χ2v) is 6.81. The molecule has 1 N–H and O–H groups in total. The molecule has 2 amide bonds. The van der Waals surface area contributed by atoms with E-state index < -0.39 is 0 Å². The fourth-order valence-electron chi connectivity index (χ4n) is 3.99. The molecule has 1 aromatic carbocycles. The first-order valence-electron chi connectivity index (χ1n) is 7.60. The minimum absolute atomic E-state index is 0.0300. The first kappa shape index (κ1) is 13.8. The van der Waals surface area contributed by atoms with E-state index in [0.717, 1.165) is 17.7 Å². The number of aryl methyl sites for hydroxylation is 1. The number of carbonyl (C=O) groups excluding carboxylic acids is 2. The van der Waals surface area contributed by atoms with Crippen LogP contribution in [0.5, 0.6) is 0 Å². The quantitative estimate of drug-likeness (QED) is 0.689. The number of imide groups is 1. The third-order valence-corrected chi connectivity index (χ3v) is 5.58. The van der Waals surface area contributed by atoms with Crippen molar-refractivity contribution in [1.29, 1.82) is 0 Å². The van der Waals surface area contributed by atoms with Crippen LogP contribution in [0.3, 0.4) is 0 Å². The Bertz CT molecular complexity index is 670. The smallest absolute Gasteiger partial charge is 0.235 e. The van der Waals surface area contributed by atoms with Crippen LogP contribution in [0.1, 0.15) is 12.0 Å². The van der Waals surface area contributed by atoms with Crippen molar-refractivity contribution in [2.75, 3.05) is 12.0 Å². The van der Waals surface area contributed by atoms with Gasteiger partial charge in [0.1, 0.15) is 0 Å². The van der Waals surface area contributed by atoms with Crippen molar-refractivity contribution in [1.82, 2.24) is 4.90 Å². The minimum Gasteiger partial charge on any atom is -0.367 e. The van der Waals surface area contributed by atoms with Gasteiger partial charge in [0.05, 0.1) is 18.5 Å². The summed E-state index contributed by atoms with van der Waals surface area (Å²) in [6.07, 6.45) is 5.17. The van der Waals surface area contributed by atoms with Gasteiger partial charge in [-0.1, -0.05) is 29.8 Å². The van der Waals surface area contributed by atoms with Gasteiger partial charge in [-0.05, 0) is 42.9 Å². The lowest BCUT2D eigenvalue weighted by Gasteiger charge is -2.18. The highest BCUT2D eigenvalue weighted by molar-refractivity contribution is 6.31. The van der Waals surface area contributed by atoms with Crippen molar-refractivity contribution >= 4 is 29.1 Å². The van der Waals surface area contributed by atoms with Crippen LogP contribution in [0.2, 0.25) is 5.02 Å². The average molecular weight is 317 g/mol. The van der Waals surface area contributed by atoms with Crippen molar-refractivity contribution in [3.63, 3.8) is 0 Å². The zero-order valence-corrected chi connectivity index (χ0v) is 13.0. The topological polar surface area (TPSA) is 49.4 Å². The third kappa shape index (κ3) is 1.90. The largest absolute Gasteiger partial charge is 0.367 e. The zero-order valence-electron chi connectivity index (χ0n) is 12.3. The molecule has 4 rings (SSSR count). The number of hydrogen-bond acceptors (Lipinski definition) is 3. The zero-order chi connectivity index (χ0) is 15.4. The molecule has 0 unspecified atom stereocenters. The lowest BCUT2D eigenvalue weighted by molar-refractivity contribution is -0.140. The summed E-state index contributed by atoms with van der Waals surface area (Å²) < 4.78 is 0. The Morgan fingerprint density at radius 2 is 1.82 bits per heavy atom. The van der Waals surface area contributed by atoms with E-state index in [-0.39, 0.29) is 42.2 Å². The van der Waals surface area contributed by atoms with Gasteiger partial charge in [-0.15, -0.1) is 0 Å². The molecule has 5 heteroatoms. The first-order chi connectivity index (χ1) is 10.6. The number of fused-ring (bicyclic) bond motifs is 5. The number of amides is 2. The van der Waals surface area contributed by atoms with E-state index in [9.17, 15) is 9.59 Å². The van der Waals surface area contributed by atoms with Crippen LogP contribution >= 0.6 is 11.6 Å². The van der Waals surface area contributed by atoms with Crippen molar-refractivity contribution < 1.29 is 9.59 Å². The maximum absolute atomic E-state index is 12.5. The highest BCUT2D eigenvalue weighted by Gasteiger charge is 2.59. The minimum atomic E-state index is -0.133. The summed E-state index contributed by atoms with van der Waals surface area (Å²) in [7, 11) is 0. The lowest BCUT2D eigenvalue weighted by Crippen LogP contribution is -2.37. The van der Waals surface area contributed by atoms with Crippen LogP contribution in [0.4, 0.5) is 5.69 Å². The van der Waals surface area contributed by atoms with Gasteiger partial charge >= 0.3 is 0 Å². The maximum atomic E-state index is 12.5. The Balaban J connectivity index is 1.49. The second-order valence-electron chi connectivity index (χ2n) is 6.40. The predicted molar refractivity (Wildman–Crippen MR) is 84.2 cm³/mol. The molecule has 4 atom stereocenters. The average Bonchev–Trinajstić information content (AvgIpc) is 3.16. The number of anilines is 1. The lowest BCUT2D eigenvalue weighted by atomic mass is 9.85. The number of halogens is 1. The van der Waals surface area contributed by atoms with Crippen LogP contribution in [0, 0.1) is 30.6 Å². The molecule has 2 aliphatic carbocycles. The number of carbonyl (C=O) groups is 2. The molecule has 1 aliphatic heterocycles. The van der Waals surface area contributed by atoms with E-state index in [1.165, 1.54) is 4.90 Å². The van der Waals surface area contributed by atoms with Crippen molar-refractivity contribution in [3.8, 4) is 0 Å². The van der Waals surface area contributed by atoms with Gasteiger partial charge in [-0.3, -0.25) is 14.5 Å². The van der Waals surface area contributed by atoms with Crippen LogP contribution in [-0.2, 0) is 9.59 Å². The Labute approximate surface area is 134 Å². The summed E-state index contributed by atoms with van der Waals surface area (Å²) >= 11 is 6.10. The van der Waals surface area contributed by atoms with E-state index in [1.807, 2.05) is 25.1 Å². The molecular weight excluding hydrogens is 300 g/mol. The first-order valence-corrected chi connectivity index (χ1v) is 7.97. The summed E-state index contributed by atoms with van der Waals surface area (Å²) in [4.78, 5) is 26.4. The molecule has 22 heavy (non-hydrogen) atoms. The van der Waals surface area contributed by atoms with Crippen LogP contribution in [0.25, 0.3) is 0 Å². The van der Waals surface area contributed by atoms with E-state index in [0.29, 0.717) is 5.02 Å². The molecular formula is C17H17ClN2O2. The number of allylic oxidation sites excluding steroid dienone is 2. The van der Waals surface area contributed by atoms with E-state index in [2.05, 4.69) is 17.5 Å². The van der Waals surface area contributed by atoms with E-state index in [4.69, 9.17) is 11.6 Å². The fraction of sp³-hybridized carbons (Fsp3) is 0.412. The Morgan fingerprint density at radius 1 is 1.18 bits per heavy atom. The van der Waals surface area contributed by atoms with Gasteiger partial charge < -0.3 is 5.32 Å². The van der Waals surface area contributed by atoms with Gasteiger partial charge in [0.25, 0.3) is 0 Å². The molecule has 2 bridgehead atoms. The highest BCUT2D eigenvalue weighted by atomic mass is 35.5. The number of hydrogen-bond donors (Lipinski definition) is 1. The van der Waals surface area contributed by atoms with Crippen molar-refractivity contribution in [2.45, 2.75) is 13.3 Å². The Kier molecular flexibility index (Phi) is 3.05. The van der Waals surface area contributed by atoms with Gasteiger partial charge in [-0.2, -0.15) is 0 Å². The maximum Gasteiger partial charge on any atom is 0.235 e. The number of benzene rings is 1. The van der Waals surface area contributed by atoms with Crippen LogP contribution in [-0.4, -0.2) is 23.4 Å². The van der Waals surface area contributed by atoms with Crippen molar-refractivity contribution in [2.24, 2.45) is 23.7 Å². The molecule has 1 heterocycles. The van der Waals surface area contributed by atoms with Gasteiger partial charge in [0, 0.05) is 10.7 Å². The summed E-state index contributed by atoms with van der Waals surface area (Å²) in [5.74, 6) is 0.183. The number of nitrogens with one attached hydrogen (secondary N) is 1. The monoisotopic (exact) mass is 316 g/mol. The molecule has 1 saturated heterocycles. The van der Waals surface area contributed by atoms with Gasteiger partial charge in [0.2, 0.25) is 11.8 Å². The Hall–Kier alpha value is -1.81. The van der Waals surface area contributed by atoms with Gasteiger partial charge in [-0.25, -0.2) is 0 Å². The van der Waals surface area contributed by atoms with Crippen LogP contribution < -0.4 is 5.32 Å². The predicted octanol–water partition coefficient (Wildman–Crippen LogP) is 2.82. The number of likely N-dealkylation sites (tertiary alicyclic amines) is 1. The fourth-order valence-corrected chi connectivity index (χ4v) is 4.17. The number of nitrogens with zero attached hydrogens (tertiary/aromatic N) is 1. The molecule has 3 aliphatic rings. The molecule has 4 nitrogen and oxygen atoms in total. The molecule has 0 radical (unpaired) electrons. The number of rotatable bonds is 3. The summed E-state index contributed by atoms with van der Waals surface area (Å²) in [5, 5.41) is 3.80. The van der Waals surface area contributed by atoms with Crippen LogP contribution in [0.15, 0.2) is 30.4 Å². The molecule has 1 aromatic rings. The van der Waals surface area contributed by atoms with E-state index >= 15 is 0 Å². The highest BCUT2D eigenvalue weighted by Crippen LogP contribution is 2.52. The molecule has 0 aromatic heterocycles. The molecule has 1 saturated carbocycles. The summed E-state index contributed by atoms with van der Waals surface area (Å²) in [6, 6.07) is 5.63. The van der Waals surface area contributed by atoms with Crippen molar-refractivity contribution in [3.05, 3.63) is 40.9 Å². The standard InChI is InChI=1S/C17H17ClN2O2/c1-9-2-5-12(7-13(9)18)19-8-20-16(21)14-10-3-4-11(6-10)15(14)17(20)22/h2-5,7,10-11,14-15,19H,6,8H2,1H3/t10-,11+,14-,15-/m0/s1.